The maximum Gasteiger partial charge on any atom is 0.129 e. The van der Waals surface area contributed by atoms with Crippen molar-refractivity contribution in [1.29, 1.82) is 5.41 Å². The smallest absolute Gasteiger partial charge is 0.129 e. The molecule has 0 spiro atoms. The molecular weight excluding hydrogens is 323 g/mol. The molecule has 6 heteroatoms. The van der Waals surface area contributed by atoms with Crippen molar-refractivity contribution in [1.82, 2.24) is 15.3 Å². The standard InChI is InChI=1S/C14H12BrFN4/c1-14(10-4-8(15)2-3-11(10)16)5-12-9(13(17)20-14)6-18-7-19-12/h2-4,6-7H,5H2,1H3,(H2,17,20)/t14-/m0/s1. The summed E-state index contributed by atoms with van der Waals surface area (Å²) < 4.78 is 14.9. The van der Waals surface area contributed by atoms with Gasteiger partial charge in [-0.05, 0) is 25.1 Å². The number of fused-ring (bicyclic) bond motifs is 1. The van der Waals surface area contributed by atoms with E-state index in [1.165, 1.54) is 12.4 Å². The van der Waals surface area contributed by atoms with Crippen LogP contribution in [-0.2, 0) is 12.0 Å². The number of halogens is 2. The van der Waals surface area contributed by atoms with Gasteiger partial charge in [-0.1, -0.05) is 15.9 Å². The van der Waals surface area contributed by atoms with E-state index in [0.717, 1.165) is 10.2 Å². The van der Waals surface area contributed by atoms with Crippen LogP contribution in [0.4, 0.5) is 4.39 Å². The van der Waals surface area contributed by atoms with E-state index in [1.807, 2.05) is 6.92 Å². The Balaban J connectivity index is 2.11. The van der Waals surface area contributed by atoms with Gasteiger partial charge in [0.15, 0.2) is 0 Å². The van der Waals surface area contributed by atoms with Crippen molar-refractivity contribution in [3.63, 3.8) is 0 Å². The summed E-state index contributed by atoms with van der Waals surface area (Å²) in [4.78, 5) is 8.14. The quantitative estimate of drug-likeness (QED) is 0.842. The van der Waals surface area contributed by atoms with Crippen LogP contribution in [0.15, 0.2) is 35.2 Å². The summed E-state index contributed by atoms with van der Waals surface area (Å²) in [7, 11) is 0. The van der Waals surface area contributed by atoms with Crippen LogP contribution in [0.5, 0.6) is 0 Å². The molecule has 2 N–H and O–H groups in total. The van der Waals surface area contributed by atoms with Crippen LogP contribution in [0.2, 0.25) is 0 Å². The molecule has 2 aromatic rings. The second-order valence-electron chi connectivity index (χ2n) is 5.02. The van der Waals surface area contributed by atoms with E-state index in [4.69, 9.17) is 5.41 Å². The first-order chi connectivity index (χ1) is 9.49. The molecule has 0 saturated carbocycles. The van der Waals surface area contributed by atoms with Gasteiger partial charge in [0.2, 0.25) is 0 Å². The lowest BCUT2D eigenvalue weighted by molar-refractivity contribution is 0.394. The van der Waals surface area contributed by atoms with Gasteiger partial charge in [-0.25, -0.2) is 14.4 Å². The van der Waals surface area contributed by atoms with E-state index in [2.05, 4.69) is 31.2 Å². The van der Waals surface area contributed by atoms with E-state index in [9.17, 15) is 4.39 Å². The topological polar surface area (TPSA) is 61.7 Å². The van der Waals surface area contributed by atoms with E-state index in [-0.39, 0.29) is 11.7 Å². The van der Waals surface area contributed by atoms with Gasteiger partial charge < -0.3 is 5.32 Å². The first-order valence-electron chi connectivity index (χ1n) is 6.11. The lowest BCUT2D eigenvalue weighted by Crippen LogP contribution is -2.50. The van der Waals surface area contributed by atoms with Crippen LogP contribution >= 0.6 is 15.9 Å². The zero-order valence-corrected chi connectivity index (χ0v) is 12.3. The van der Waals surface area contributed by atoms with Gasteiger partial charge in [0, 0.05) is 22.7 Å². The summed E-state index contributed by atoms with van der Waals surface area (Å²) in [6.07, 6.45) is 3.56. The summed E-state index contributed by atoms with van der Waals surface area (Å²) in [5.41, 5.74) is 1.23. The Morgan fingerprint density at radius 3 is 3.05 bits per heavy atom. The van der Waals surface area contributed by atoms with E-state index in [1.54, 1.807) is 18.3 Å². The fourth-order valence-electron chi connectivity index (χ4n) is 2.51. The number of amidine groups is 1. The number of hydrogen-bond acceptors (Lipinski definition) is 3. The largest absolute Gasteiger partial charge is 0.360 e. The minimum atomic E-state index is -0.702. The summed E-state index contributed by atoms with van der Waals surface area (Å²) in [5, 5.41) is 11.2. The predicted molar refractivity (Wildman–Crippen MR) is 77.2 cm³/mol. The summed E-state index contributed by atoms with van der Waals surface area (Å²) in [5.74, 6) is -0.0813. The Hall–Kier alpha value is -1.82. The molecular formula is C14H12BrFN4. The second-order valence-corrected chi connectivity index (χ2v) is 5.93. The number of rotatable bonds is 1. The van der Waals surface area contributed by atoms with Crippen LogP contribution in [0.25, 0.3) is 0 Å². The Kier molecular flexibility index (Phi) is 3.05. The molecule has 1 atom stereocenters. The molecule has 0 bridgehead atoms. The summed E-state index contributed by atoms with van der Waals surface area (Å²) in [6, 6.07) is 4.82. The van der Waals surface area contributed by atoms with Crippen LogP contribution in [0.1, 0.15) is 23.7 Å². The number of benzene rings is 1. The highest BCUT2D eigenvalue weighted by molar-refractivity contribution is 9.10. The van der Waals surface area contributed by atoms with Crippen molar-refractivity contribution in [2.75, 3.05) is 0 Å². The third-order valence-electron chi connectivity index (χ3n) is 3.51. The first-order valence-corrected chi connectivity index (χ1v) is 6.90. The van der Waals surface area contributed by atoms with Gasteiger partial charge in [-0.2, -0.15) is 0 Å². The van der Waals surface area contributed by atoms with E-state index < -0.39 is 5.54 Å². The van der Waals surface area contributed by atoms with Gasteiger partial charge in [-0.15, -0.1) is 0 Å². The number of hydrogen-bond donors (Lipinski definition) is 2. The fraction of sp³-hybridized carbons (Fsp3) is 0.214. The predicted octanol–water partition coefficient (Wildman–Crippen LogP) is 2.76. The lowest BCUT2D eigenvalue weighted by Gasteiger charge is -2.37. The molecule has 0 radical (unpaired) electrons. The van der Waals surface area contributed by atoms with Gasteiger partial charge >= 0.3 is 0 Å². The molecule has 0 saturated heterocycles. The molecule has 102 valence electrons. The molecule has 1 aliphatic rings. The highest BCUT2D eigenvalue weighted by Gasteiger charge is 2.36. The Labute approximate surface area is 124 Å². The van der Waals surface area contributed by atoms with Crippen molar-refractivity contribution < 1.29 is 4.39 Å². The monoisotopic (exact) mass is 334 g/mol. The maximum atomic E-state index is 14.1. The molecule has 4 nitrogen and oxygen atoms in total. The third-order valence-corrected chi connectivity index (χ3v) is 4.00. The minimum absolute atomic E-state index is 0.216. The van der Waals surface area contributed by atoms with Gasteiger partial charge in [0.25, 0.3) is 0 Å². The average Bonchev–Trinajstić information content (AvgIpc) is 2.41. The highest BCUT2D eigenvalue weighted by Crippen LogP contribution is 2.33. The normalized spacial score (nSPS) is 21.2. The zero-order valence-electron chi connectivity index (χ0n) is 10.7. The maximum absolute atomic E-state index is 14.1. The molecule has 0 amide bonds. The molecule has 2 heterocycles. The number of nitrogens with one attached hydrogen (secondary N) is 2. The van der Waals surface area contributed by atoms with E-state index in [0.29, 0.717) is 17.5 Å². The van der Waals surface area contributed by atoms with Crippen molar-refractivity contribution in [2.45, 2.75) is 18.9 Å². The molecule has 0 aliphatic carbocycles. The zero-order chi connectivity index (χ0) is 14.3. The van der Waals surface area contributed by atoms with Crippen molar-refractivity contribution in [3.8, 4) is 0 Å². The van der Waals surface area contributed by atoms with Crippen LogP contribution in [0, 0.1) is 11.2 Å². The molecule has 0 fully saturated rings. The molecule has 3 rings (SSSR count). The van der Waals surface area contributed by atoms with Gasteiger partial charge in [-0.3, -0.25) is 5.41 Å². The Morgan fingerprint density at radius 1 is 1.45 bits per heavy atom. The Morgan fingerprint density at radius 2 is 2.25 bits per heavy atom. The Bertz CT molecular complexity index is 703. The summed E-state index contributed by atoms with van der Waals surface area (Å²) in [6.45, 7) is 1.87. The highest BCUT2D eigenvalue weighted by atomic mass is 79.9. The number of aromatic nitrogens is 2. The van der Waals surface area contributed by atoms with Crippen molar-refractivity contribution in [2.24, 2.45) is 0 Å². The second kappa shape index (κ2) is 4.63. The molecule has 0 unspecified atom stereocenters. The lowest BCUT2D eigenvalue weighted by atomic mass is 9.82. The SMILES string of the molecule is C[C@@]1(c2cc(Br)ccc2F)Cc2ncncc2C(=N)N1. The molecule has 1 aromatic heterocycles. The van der Waals surface area contributed by atoms with Crippen LogP contribution < -0.4 is 5.32 Å². The molecule has 1 aliphatic heterocycles. The third kappa shape index (κ3) is 2.10. The average molecular weight is 335 g/mol. The minimum Gasteiger partial charge on any atom is -0.360 e. The fourth-order valence-corrected chi connectivity index (χ4v) is 2.87. The van der Waals surface area contributed by atoms with E-state index >= 15 is 0 Å². The first kappa shape index (κ1) is 13.2. The van der Waals surface area contributed by atoms with Crippen molar-refractivity contribution >= 4 is 21.8 Å². The number of nitrogens with zero attached hydrogens (tertiary/aromatic N) is 2. The summed E-state index contributed by atoms with van der Waals surface area (Å²) >= 11 is 3.36. The van der Waals surface area contributed by atoms with Gasteiger partial charge in [0.1, 0.15) is 18.0 Å². The molecule has 1 aromatic carbocycles. The van der Waals surface area contributed by atoms with Gasteiger partial charge in [0.05, 0.1) is 16.8 Å². The molecule has 20 heavy (non-hydrogen) atoms. The van der Waals surface area contributed by atoms with Crippen LogP contribution in [-0.4, -0.2) is 15.8 Å². The van der Waals surface area contributed by atoms with Crippen LogP contribution in [0.3, 0.4) is 0 Å². The van der Waals surface area contributed by atoms with Crippen molar-refractivity contribution in [3.05, 3.63) is 57.8 Å².